The zero-order chi connectivity index (χ0) is 23.8. The maximum Gasteiger partial charge on any atom is 0.159 e. The second-order valence-corrected chi connectivity index (χ2v) is 8.14. The van der Waals surface area contributed by atoms with E-state index in [1.54, 1.807) is 30.9 Å². The predicted molar refractivity (Wildman–Crippen MR) is 133 cm³/mol. The fraction of sp³-hybridized carbons (Fsp3) is 0.115. The number of hydrogen-bond acceptors (Lipinski definition) is 6. The third-order valence-electron chi connectivity index (χ3n) is 5.88. The van der Waals surface area contributed by atoms with Crippen LogP contribution in [0.3, 0.4) is 0 Å². The SMILES string of the molecule is CCNCc1cncc(-c2ccc3[nH]nc(-c4nc5c(-c6ccccn6)nccc5[nH]4)c3c2F)c1. The van der Waals surface area contributed by atoms with Gasteiger partial charge in [-0.25, -0.2) is 9.37 Å². The van der Waals surface area contributed by atoms with Crippen molar-refractivity contribution in [2.75, 3.05) is 6.54 Å². The summed E-state index contributed by atoms with van der Waals surface area (Å²) in [6, 6.07) is 13.0. The first-order valence-electron chi connectivity index (χ1n) is 11.3. The molecule has 6 aromatic rings. The molecule has 35 heavy (non-hydrogen) atoms. The van der Waals surface area contributed by atoms with Gasteiger partial charge in [-0.2, -0.15) is 5.10 Å². The topological polar surface area (TPSA) is 108 Å². The number of pyridine rings is 3. The number of nitrogens with zero attached hydrogens (tertiary/aromatic N) is 5. The third-order valence-corrected chi connectivity index (χ3v) is 5.88. The first-order chi connectivity index (χ1) is 17.2. The van der Waals surface area contributed by atoms with E-state index in [1.807, 2.05) is 43.3 Å². The minimum atomic E-state index is -0.378. The summed E-state index contributed by atoms with van der Waals surface area (Å²) in [6.45, 7) is 3.56. The van der Waals surface area contributed by atoms with E-state index in [9.17, 15) is 0 Å². The Hall–Kier alpha value is -4.50. The van der Waals surface area contributed by atoms with E-state index in [4.69, 9.17) is 4.98 Å². The molecule has 0 amide bonds. The fourth-order valence-corrected chi connectivity index (χ4v) is 4.21. The van der Waals surface area contributed by atoms with Gasteiger partial charge in [0.05, 0.1) is 22.1 Å². The summed E-state index contributed by atoms with van der Waals surface area (Å²) in [5, 5.41) is 11.0. The maximum absolute atomic E-state index is 16.0. The van der Waals surface area contributed by atoms with Gasteiger partial charge >= 0.3 is 0 Å². The number of benzene rings is 1. The average molecular weight is 465 g/mol. The molecule has 0 atom stereocenters. The minimum absolute atomic E-state index is 0.367. The Bertz CT molecular complexity index is 1660. The van der Waals surface area contributed by atoms with Gasteiger partial charge in [0, 0.05) is 42.5 Å². The molecule has 0 fully saturated rings. The van der Waals surface area contributed by atoms with Crippen LogP contribution in [0.15, 0.2) is 67.3 Å². The minimum Gasteiger partial charge on any atom is -0.336 e. The number of H-pyrrole nitrogens is 2. The Balaban J connectivity index is 1.48. The summed E-state index contributed by atoms with van der Waals surface area (Å²) in [5.74, 6) is 0.0729. The zero-order valence-corrected chi connectivity index (χ0v) is 18.9. The van der Waals surface area contributed by atoms with E-state index in [0.29, 0.717) is 57.0 Å². The number of imidazole rings is 1. The van der Waals surface area contributed by atoms with Crippen molar-refractivity contribution in [1.29, 1.82) is 0 Å². The normalized spacial score (nSPS) is 11.5. The van der Waals surface area contributed by atoms with Crippen LogP contribution in [0.2, 0.25) is 0 Å². The first kappa shape index (κ1) is 21.1. The summed E-state index contributed by atoms with van der Waals surface area (Å²) >= 11 is 0. The number of nitrogens with one attached hydrogen (secondary N) is 3. The standard InChI is InChI=1S/C26H21FN8/c1-2-28-12-15-11-16(14-29-13-15)17-6-7-18-21(22(17)27)25(35-34-18)26-32-20-8-10-31-23(24(20)33-26)19-5-3-4-9-30-19/h3-11,13-14,28H,2,12H2,1H3,(H,32,33)(H,34,35). The van der Waals surface area contributed by atoms with Crippen molar-refractivity contribution < 1.29 is 4.39 Å². The van der Waals surface area contributed by atoms with E-state index >= 15 is 4.39 Å². The molecule has 0 aliphatic carbocycles. The van der Waals surface area contributed by atoms with Crippen LogP contribution in [-0.2, 0) is 6.54 Å². The van der Waals surface area contributed by atoms with Gasteiger partial charge in [-0.1, -0.05) is 13.0 Å². The summed E-state index contributed by atoms with van der Waals surface area (Å²) < 4.78 is 16.0. The first-order valence-corrected chi connectivity index (χ1v) is 11.3. The van der Waals surface area contributed by atoms with Gasteiger partial charge in [0.1, 0.15) is 22.7 Å². The zero-order valence-electron chi connectivity index (χ0n) is 18.9. The Morgan fingerprint density at radius 3 is 2.77 bits per heavy atom. The molecule has 172 valence electrons. The van der Waals surface area contributed by atoms with Crippen LogP contribution in [0, 0.1) is 5.82 Å². The Labute approximate surface area is 199 Å². The van der Waals surface area contributed by atoms with E-state index in [0.717, 1.165) is 17.6 Å². The lowest BCUT2D eigenvalue weighted by Crippen LogP contribution is -2.11. The molecule has 1 aromatic carbocycles. The smallest absolute Gasteiger partial charge is 0.159 e. The van der Waals surface area contributed by atoms with Crippen molar-refractivity contribution in [3.05, 3.63) is 78.6 Å². The van der Waals surface area contributed by atoms with Crippen LogP contribution in [0.1, 0.15) is 12.5 Å². The molecule has 0 aliphatic heterocycles. The van der Waals surface area contributed by atoms with Gasteiger partial charge in [-0.15, -0.1) is 0 Å². The lowest BCUT2D eigenvalue weighted by molar-refractivity contribution is 0.643. The molecule has 0 radical (unpaired) electrons. The van der Waals surface area contributed by atoms with E-state index in [-0.39, 0.29) is 5.82 Å². The van der Waals surface area contributed by atoms with Crippen LogP contribution in [0.4, 0.5) is 4.39 Å². The fourth-order valence-electron chi connectivity index (χ4n) is 4.21. The largest absolute Gasteiger partial charge is 0.336 e. The summed E-state index contributed by atoms with van der Waals surface area (Å²) in [4.78, 5) is 21.2. The molecule has 9 heteroatoms. The number of aromatic nitrogens is 7. The predicted octanol–water partition coefficient (Wildman–Crippen LogP) is 4.87. The number of rotatable bonds is 6. The van der Waals surface area contributed by atoms with Gasteiger partial charge < -0.3 is 10.3 Å². The lowest BCUT2D eigenvalue weighted by atomic mass is 10.0. The van der Waals surface area contributed by atoms with Gasteiger partial charge in [-0.3, -0.25) is 20.1 Å². The third kappa shape index (κ3) is 3.71. The molecule has 0 saturated heterocycles. The summed E-state index contributed by atoms with van der Waals surface area (Å²) in [7, 11) is 0. The summed E-state index contributed by atoms with van der Waals surface area (Å²) in [6.07, 6.45) is 6.87. The van der Waals surface area contributed by atoms with Crippen molar-refractivity contribution >= 4 is 21.9 Å². The molecule has 0 bridgehead atoms. The van der Waals surface area contributed by atoms with Gasteiger partial charge in [-0.05, 0) is 48.5 Å². The number of halogens is 1. The van der Waals surface area contributed by atoms with Crippen LogP contribution in [0.25, 0.3) is 56.0 Å². The quantitative estimate of drug-likeness (QED) is 0.324. The summed E-state index contributed by atoms with van der Waals surface area (Å²) in [5.41, 5.74) is 5.91. The molecule has 5 aromatic heterocycles. The van der Waals surface area contributed by atoms with Gasteiger partial charge in [0.2, 0.25) is 0 Å². The Morgan fingerprint density at radius 2 is 1.91 bits per heavy atom. The van der Waals surface area contributed by atoms with Crippen molar-refractivity contribution in [2.24, 2.45) is 0 Å². The molecule has 6 rings (SSSR count). The highest BCUT2D eigenvalue weighted by Gasteiger charge is 2.20. The maximum atomic E-state index is 16.0. The number of hydrogen-bond donors (Lipinski definition) is 3. The van der Waals surface area contributed by atoms with E-state index < -0.39 is 0 Å². The molecule has 0 spiro atoms. The second-order valence-electron chi connectivity index (χ2n) is 8.14. The average Bonchev–Trinajstić information content (AvgIpc) is 3.53. The molecule has 0 unspecified atom stereocenters. The molecule has 8 nitrogen and oxygen atoms in total. The van der Waals surface area contributed by atoms with Crippen LogP contribution < -0.4 is 5.32 Å². The van der Waals surface area contributed by atoms with Crippen molar-refractivity contribution in [3.8, 4) is 34.0 Å². The van der Waals surface area contributed by atoms with Crippen LogP contribution in [-0.4, -0.2) is 41.7 Å². The highest BCUT2D eigenvalue weighted by molar-refractivity contribution is 5.97. The Kier molecular flexibility index (Phi) is 5.23. The Morgan fingerprint density at radius 1 is 0.971 bits per heavy atom. The van der Waals surface area contributed by atoms with Crippen LogP contribution in [0.5, 0.6) is 0 Å². The lowest BCUT2D eigenvalue weighted by Gasteiger charge is -2.07. The molecular formula is C26H21FN8. The molecule has 5 heterocycles. The molecule has 0 saturated carbocycles. The van der Waals surface area contributed by atoms with Crippen molar-refractivity contribution in [2.45, 2.75) is 13.5 Å². The van der Waals surface area contributed by atoms with Gasteiger partial charge in [0.15, 0.2) is 5.82 Å². The van der Waals surface area contributed by atoms with E-state index in [2.05, 4.69) is 35.5 Å². The van der Waals surface area contributed by atoms with Crippen molar-refractivity contribution in [1.82, 2.24) is 40.4 Å². The highest BCUT2D eigenvalue weighted by atomic mass is 19.1. The van der Waals surface area contributed by atoms with E-state index in [1.165, 1.54) is 0 Å². The molecular weight excluding hydrogens is 443 g/mol. The van der Waals surface area contributed by atoms with Crippen LogP contribution >= 0.6 is 0 Å². The van der Waals surface area contributed by atoms with Gasteiger partial charge in [0.25, 0.3) is 0 Å². The van der Waals surface area contributed by atoms with Crippen molar-refractivity contribution in [3.63, 3.8) is 0 Å². The number of fused-ring (bicyclic) bond motifs is 2. The highest BCUT2D eigenvalue weighted by Crippen LogP contribution is 2.34. The monoisotopic (exact) mass is 464 g/mol. The second kappa shape index (κ2) is 8.69. The number of aromatic amines is 2. The molecule has 0 aliphatic rings. The molecule has 3 N–H and O–H groups in total.